The molecule has 0 bridgehead atoms. The van der Waals surface area contributed by atoms with Gasteiger partial charge >= 0.3 is 5.97 Å². The fourth-order valence-electron chi connectivity index (χ4n) is 3.72. The maximum Gasteiger partial charge on any atom is 0.338 e. The Bertz CT molecular complexity index is 1390. The SMILES string of the molecule is Cc1ccccc1N1C(=O)c2ccc(C(=O)OCc3ncc(-c4ccccc4)o3)cc2C1=O. The van der Waals surface area contributed by atoms with Gasteiger partial charge in [0.15, 0.2) is 12.4 Å². The van der Waals surface area contributed by atoms with E-state index in [0.717, 1.165) is 16.0 Å². The third-order valence-corrected chi connectivity index (χ3v) is 5.42. The number of carbonyl (C=O) groups is 3. The first-order chi connectivity index (χ1) is 16.0. The number of carbonyl (C=O) groups excluding carboxylic acids is 3. The molecule has 1 aliphatic heterocycles. The lowest BCUT2D eigenvalue weighted by molar-refractivity contribution is 0.0438. The zero-order valence-electron chi connectivity index (χ0n) is 17.6. The summed E-state index contributed by atoms with van der Waals surface area (Å²) >= 11 is 0. The van der Waals surface area contributed by atoms with Gasteiger partial charge in [-0.2, -0.15) is 0 Å². The van der Waals surface area contributed by atoms with Crippen LogP contribution >= 0.6 is 0 Å². The van der Waals surface area contributed by atoms with E-state index >= 15 is 0 Å². The molecule has 5 rings (SSSR count). The number of hydrogen-bond acceptors (Lipinski definition) is 6. The molecule has 7 nitrogen and oxygen atoms in total. The Balaban J connectivity index is 1.32. The Hall–Kier alpha value is -4.52. The fraction of sp³-hybridized carbons (Fsp3) is 0.0769. The minimum Gasteiger partial charge on any atom is -0.452 e. The molecule has 0 atom stereocenters. The first kappa shape index (κ1) is 20.4. The molecule has 1 aromatic heterocycles. The third-order valence-electron chi connectivity index (χ3n) is 5.42. The second-order valence-corrected chi connectivity index (χ2v) is 7.55. The summed E-state index contributed by atoms with van der Waals surface area (Å²) in [6.45, 7) is 1.67. The van der Waals surface area contributed by atoms with Crippen LogP contribution in [0.15, 0.2) is 83.4 Å². The maximum atomic E-state index is 13.0. The van der Waals surface area contributed by atoms with Crippen LogP contribution in [0.2, 0.25) is 0 Å². The van der Waals surface area contributed by atoms with Gasteiger partial charge in [-0.15, -0.1) is 0 Å². The molecule has 2 amide bonds. The van der Waals surface area contributed by atoms with E-state index in [-0.39, 0.29) is 29.2 Å². The number of aryl methyl sites for hydroxylation is 1. The van der Waals surface area contributed by atoms with Crippen LogP contribution in [-0.2, 0) is 11.3 Å². The van der Waals surface area contributed by atoms with Gasteiger partial charge in [0.1, 0.15) is 0 Å². The Morgan fingerprint density at radius 1 is 0.939 bits per heavy atom. The van der Waals surface area contributed by atoms with Gasteiger partial charge < -0.3 is 9.15 Å². The van der Waals surface area contributed by atoms with E-state index < -0.39 is 17.8 Å². The predicted octanol–water partition coefficient (Wildman–Crippen LogP) is 4.81. The molecule has 0 saturated heterocycles. The minimum absolute atomic E-state index is 0.162. The van der Waals surface area contributed by atoms with Gasteiger partial charge in [-0.1, -0.05) is 48.5 Å². The Morgan fingerprint density at radius 2 is 1.67 bits per heavy atom. The molecule has 2 heterocycles. The topological polar surface area (TPSA) is 89.7 Å². The highest BCUT2D eigenvalue weighted by atomic mass is 16.5. The van der Waals surface area contributed by atoms with E-state index in [2.05, 4.69) is 4.98 Å². The summed E-state index contributed by atoms with van der Waals surface area (Å²) in [5.74, 6) is -0.719. The van der Waals surface area contributed by atoms with Crippen molar-refractivity contribution in [1.29, 1.82) is 0 Å². The van der Waals surface area contributed by atoms with Gasteiger partial charge in [0.2, 0.25) is 5.89 Å². The highest BCUT2D eigenvalue weighted by Crippen LogP contribution is 2.31. The van der Waals surface area contributed by atoms with E-state index in [1.54, 1.807) is 18.3 Å². The van der Waals surface area contributed by atoms with Gasteiger partial charge in [0, 0.05) is 5.56 Å². The van der Waals surface area contributed by atoms with Crippen molar-refractivity contribution in [2.75, 3.05) is 4.90 Å². The second-order valence-electron chi connectivity index (χ2n) is 7.55. The smallest absolute Gasteiger partial charge is 0.338 e. The average Bonchev–Trinajstić information content (AvgIpc) is 3.41. The van der Waals surface area contributed by atoms with Crippen molar-refractivity contribution in [1.82, 2.24) is 4.98 Å². The van der Waals surface area contributed by atoms with E-state index in [1.807, 2.05) is 49.4 Å². The molecule has 162 valence electrons. The molecule has 0 fully saturated rings. The predicted molar refractivity (Wildman–Crippen MR) is 120 cm³/mol. The first-order valence-electron chi connectivity index (χ1n) is 10.3. The number of hydrogen-bond donors (Lipinski definition) is 0. The summed E-state index contributed by atoms with van der Waals surface area (Å²) < 4.78 is 11.0. The number of amides is 2. The van der Waals surface area contributed by atoms with Crippen LogP contribution < -0.4 is 4.90 Å². The maximum absolute atomic E-state index is 13.0. The van der Waals surface area contributed by atoms with Crippen molar-refractivity contribution in [3.63, 3.8) is 0 Å². The highest BCUT2D eigenvalue weighted by molar-refractivity contribution is 6.34. The number of benzene rings is 3. The first-order valence-corrected chi connectivity index (χ1v) is 10.3. The second kappa shape index (κ2) is 8.20. The third kappa shape index (κ3) is 3.70. The monoisotopic (exact) mass is 438 g/mol. The number of oxazole rings is 1. The number of anilines is 1. The number of para-hydroxylation sites is 1. The molecule has 0 spiro atoms. The van der Waals surface area contributed by atoms with Gasteiger partial charge in [0.05, 0.1) is 28.6 Å². The number of esters is 1. The van der Waals surface area contributed by atoms with Crippen molar-refractivity contribution in [3.05, 3.63) is 107 Å². The fourth-order valence-corrected chi connectivity index (χ4v) is 3.72. The molecule has 7 heteroatoms. The summed E-state index contributed by atoms with van der Waals surface area (Å²) in [6.07, 6.45) is 1.57. The average molecular weight is 438 g/mol. The summed E-state index contributed by atoms with van der Waals surface area (Å²) in [6, 6.07) is 20.9. The lowest BCUT2D eigenvalue weighted by atomic mass is 10.1. The molecule has 33 heavy (non-hydrogen) atoms. The number of aromatic nitrogens is 1. The summed E-state index contributed by atoms with van der Waals surface area (Å²) in [5, 5.41) is 0. The van der Waals surface area contributed by atoms with Crippen molar-refractivity contribution >= 4 is 23.5 Å². The van der Waals surface area contributed by atoms with Gasteiger partial charge in [-0.3, -0.25) is 9.59 Å². The molecule has 0 aliphatic carbocycles. The number of rotatable bonds is 5. The Labute approximate surface area is 189 Å². The molecule has 0 radical (unpaired) electrons. The van der Waals surface area contributed by atoms with Crippen LogP contribution in [0.25, 0.3) is 11.3 Å². The highest BCUT2D eigenvalue weighted by Gasteiger charge is 2.37. The van der Waals surface area contributed by atoms with Crippen molar-refractivity contribution in [2.24, 2.45) is 0 Å². The molecule has 0 saturated carbocycles. The van der Waals surface area contributed by atoms with Crippen LogP contribution in [0, 0.1) is 6.92 Å². The van der Waals surface area contributed by atoms with Crippen molar-refractivity contribution < 1.29 is 23.5 Å². The largest absolute Gasteiger partial charge is 0.452 e. The van der Waals surface area contributed by atoms with Gasteiger partial charge in [-0.05, 0) is 36.8 Å². The summed E-state index contributed by atoms with van der Waals surface area (Å²) in [4.78, 5) is 43.7. The lowest BCUT2D eigenvalue weighted by Gasteiger charge is -2.16. The van der Waals surface area contributed by atoms with Crippen molar-refractivity contribution in [3.8, 4) is 11.3 Å². The molecular weight excluding hydrogens is 420 g/mol. The standard InChI is InChI=1S/C26H18N2O5/c1-16-7-5-6-10-21(16)28-24(29)19-12-11-18(13-20(19)25(28)30)26(31)32-15-23-27-14-22(33-23)17-8-3-2-4-9-17/h2-14H,15H2,1H3. The zero-order valence-corrected chi connectivity index (χ0v) is 17.6. The minimum atomic E-state index is -0.646. The Kier molecular flexibility index (Phi) is 5.06. The van der Waals surface area contributed by atoms with E-state index in [0.29, 0.717) is 11.4 Å². The molecule has 4 aromatic rings. The van der Waals surface area contributed by atoms with E-state index in [4.69, 9.17) is 9.15 Å². The summed E-state index contributed by atoms with van der Waals surface area (Å²) in [7, 11) is 0. The Morgan fingerprint density at radius 3 is 2.45 bits per heavy atom. The van der Waals surface area contributed by atoms with Crippen LogP contribution in [-0.4, -0.2) is 22.8 Å². The normalized spacial score (nSPS) is 12.7. The number of imide groups is 1. The molecule has 3 aromatic carbocycles. The van der Waals surface area contributed by atoms with E-state index in [9.17, 15) is 14.4 Å². The molecule has 0 unspecified atom stereocenters. The van der Waals surface area contributed by atoms with Crippen LogP contribution in [0.4, 0.5) is 5.69 Å². The number of fused-ring (bicyclic) bond motifs is 1. The lowest BCUT2D eigenvalue weighted by Crippen LogP contribution is -2.29. The molecular formula is C26H18N2O5. The van der Waals surface area contributed by atoms with Crippen molar-refractivity contribution in [2.45, 2.75) is 13.5 Å². The quantitative estimate of drug-likeness (QED) is 0.328. The van der Waals surface area contributed by atoms with Gasteiger partial charge in [0.25, 0.3) is 11.8 Å². The van der Waals surface area contributed by atoms with Crippen LogP contribution in [0.5, 0.6) is 0 Å². The van der Waals surface area contributed by atoms with E-state index in [1.165, 1.54) is 18.2 Å². The molecule has 0 N–H and O–H groups in total. The van der Waals surface area contributed by atoms with Crippen LogP contribution in [0.1, 0.15) is 42.5 Å². The molecule has 1 aliphatic rings. The van der Waals surface area contributed by atoms with Crippen LogP contribution in [0.3, 0.4) is 0 Å². The summed E-state index contributed by atoms with van der Waals surface area (Å²) in [5.41, 5.74) is 2.76. The zero-order chi connectivity index (χ0) is 22.9. The van der Waals surface area contributed by atoms with Gasteiger partial charge in [-0.25, -0.2) is 14.7 Å². The number of nitrogens with zero attached hydrogens (tertiary/aromatic N) is 2. The number of ether oxygens (including phenoxy) is 1.